The first kappa shape index (κ1) is 13.2. The minimum absolute atomic E-state index is 0.146. The van der Waals surface area contributed by atoms with Crippen LogP contribution in [0.2, 0.25) is 0 Å². The van der Waals surface area contributed by atoms with Crippen molar-refractivity contribution >= 4 is 5.78 Å². The highest BCUT2D eigenvalue weighted by molar-refractivity contribution is 5.99. The summed E-state index contributed by atoms with van der Waals surface area (Å²) >= 11 is 0. The first-order chi connectivity index (χ1) is 8.33. The summed E-state index contributed by atoms with van der Waals surface area (Å²) in [4.78, 5) is 12.1. The average molecular weight is 248 g/mol. The fraction of sp³-hybridized carbons (Fsp3) is 0.533. The SMILES string of the molecule is CC(C)(C)C(=O)c1ccc(C2(C)OCCO2)cc1. The second-order valence-electron chi connectivity index (χ2n) is 5.80. The van der Waals surface area contributed by atoms with Gasteiger partial charge in [-0.05, 0) is 6.92 Å². The highest BCUT2D eigenvalue weighted by Crippen LogP contribution is 2.31. The summed E-state index contributed by atoms with van der Waals surface area (Å²) < 4.78 is 11.2. The molecule has 98 valence electrons. The molecule has 0 aliphatic carbocycles. The monoisotopic (exact) mass is 248 g/mol. The molecule has 0 unspecified atom stereocenters. The minimum Gasteiger partial charge on any atom is -0.344 e. The Kier molecular flexibility index (Phi) is 3.30. The summed E-state index contributed by atoms with van der Waals surface area (Å²) in [6.07, 6.45) is 0. The van der Waals surface area contributed by atoms with Gasteiger partial charge >= 0.3 is 0 Å². The van der Waals surface area contributed by atoms with E-state index in [0.717, 1.165) is 11.1 Å². The zero-order valence-electron chi connectivity index (χ0n) is 11.4. The predicted octanol–water partition coefficient (Wildman–Crippen LogP) is 3.13. The normalized spacial score (nSPS) is 18.9. The molecule has 3 nitrogen and oxygen atoms in total. The molecule has 0 amide bonds. The summed E-state index contributed by atoms with van der Waals surface area (Å²) in [5, 5.41) is 0. The van der Waals surface area contributed by atoms with Crippen LogP contribution in [0.4, 0.5) is 0 Å². The fourth-order valence-electron chi connectivity index (χ4n) is 2.04. The number of benzene rings is 1. The molecule has 1 aliphatic heterocycles. The van der Waals surface area contributed by atoms with Crippen LogP contribution >= 0.6 is 0 Å². The molecule has 1 heterocycles. The van der Waals surface area contributed by atoms with Gasteiger partial charge in [-0.2, -0.15) is 0 Å². The number of carbonyl (C=O) groups is 1. The van der Waals surface area contributed by atoms with E-state index in [4.69, 9.17) is 9.47 Å². The summed E-state index contributed by atoms with van der Waals surface area (Å²) in [6.45, 7) is 8.90. The first-order valence-corrected chi connectivity index (χ1v) is 6.26. The van der Waals surface area contributed by atoms with Gasteiger partial charge in [0, 0.05) is 16.5 Å². The van der Waals surface area contributed by atoms with Crippen molar-refractivity contribution in [3.05, 3.63) is 35.4 Å². The van der Waals surface area contributed by atoms with Crippen LogP contribution in [0.3, 0.4) is 0 Å². The molecular weight excluding hydrogens is 228 g/mol. The second-order valence-corrected chi connectivity index (χ2v) is 5.80. The van der Waals surface area contributed by atoms with E-state index in [9.17, 15) is 4.79 Å². The molecule has 0 bridgehead atoms. The van der Waals surface area contributed by atoms with Gasteiger partial charge in [-0.3, -0.25) is 4.79 Å². The number of ketones is 1. The van der Waals surface area contributed by atoms with Crippen LogP contribution < -0.4 is 0 Å². The van der Waals surface area contributed by atoms with E-state index in [-0.39, 0.29) is 11.2 Å². The molecule has 1 aromatic carbocycles. The Hall–Kier alpha value is -1.19. The molecular formula is C15H20O3. The average Bonchev–Trinajstić information content (AvgIpc) is 2.75. The Morgan fingerprint density at radius 3 is 2.06 bits per heavy atom. The number of carbonyl (C=O) groups excluding carboxylic acids is 1. The third kappa shape index (κ3) is 2.47. The van der Waals surface area contributed by atoms with Crippen molar-refractivity contribution in [1.82, 2.24) is 0 Å². The third-order valence-electron chi connectivity index (χ3n) is 3.19. The fourth-order valence-corrected chi connectivity index (χ4v) is 2.04. The summed E-state index contributed by atoms with van der Waals surface area (Å²) in [5.74, 6) is -0.518. The molecule has 1 saturated heterocycles. The van der Waals surface area contributed by atoms with Crippen LogP contribution in [0.1, 0.15) is 43.6 Å². The smallest absolute Gasteiger partial charge is 0.192 e. The summed E-state index contributed by atoms with van der Waals surface area (Å²) in [7, 11) is 0. The standard InChI is InChI=1S/C15H20O3/c1-14(2,3)13(16)11-5-7-12(8-6-11)15(4)17-9-10-18-15/h5-8H,9-10H2,1-4H3. The van der Waals surface area contributed by atoms with Crippen LogP contribution in [0.15, 0.2) is 24.3 Å². The van der Waals surface area contributed by atoms with Crippen LogP contribution in [0.25, 0.3) is 0 Å². The molecule has 0 N–H and O–H groups in total. The maximum atomic E-state index is 12.1. The zero-order chi connectivity index (χ0) is 13.4. The number of rotatable bonds is 2. The van der Waals surface area contributed by atoms with Gasteiger partial charge in [-0.25, -0.2) is 0 Å². The van der Waals surface area contributed by atoms with Gasteiger partial charge in [0.2, 0.25) is 0 Å². The lowest BCUT2D eigenvalue weighted by atomic mass is 9.86. The topological polar surface area (TPSA) is 35.5 Å². The highest BCUT2D eigenvalue weighted by atomic mass is 16.7. The Labute approximate surface area is 108 Å². The zero-order valence-corrected chi connectivity index (χ0v) is 11.4. The molecule has 3 heteroatoms. The minimum atomic E-state index is -0.663. The molecule has 1 aliphatic rings. The van der Waals surface area contributed by atoms with Crippen molar-refractivity contribution < 1.29 is 14.3 Å². The Balaban J connectivity index is 2.23. The van der Waals surface area contributed by atoms with Crippen molar-refractivity contribution in [2.24, 2.45) is 5.41 Å². The van der Waals surface area contributed by atoms with Gasteiger partial charge in [-0.1, -0.05) is 45.0 Å². The Morgan fingerprint density at radius 1 is 1.11 bits per heavy atom. The second kappa shape index (κ2) is 4.48. The number of ether oxygens (including phenoxy) is 2. The summed E-state index contributed by atoms with van der Waals surface area (Å²) in [5.41, 5.74) is 1.32. The van der Waals surface area contributed by atoms with Crippen molar-refractivity contribution in [3.63, 3.8) is 0 Å². The maximum Gasteiger partial charge on any atom is 0.192 e. The van der Waals surface area contributed by atoms with Crippen LogP contribution in [-0.4, -0.2) is 19.0 Å². The first-order valence-electron chi connectivity index (χ1n) is 6.26. The quantitative estimate of drug-likeness (QED) is 0.754. The van der Waals surface area contributed by atoms with E-state index < -0.39 is 5.79 Å². The van der Waals surface area contributed by atoms with E-state index in [1.54, 1.807) is 0 Å². The van der Waals surface area contributed by atoms with Crippen LogP contribution in [0, 0.1) is 5.41 Å². The molecule has 0 atom stereocenters. The largest absolute Gasteiger partial charge is 0.344 e. The lowest BCUT2D eigenvalue weighted by Crippen LogP contribution is -2.23. The molecule has 0 saturated carbocycles. The predicted molar refractivity (Wildman–Crippen MR) is 69.5 cm³/mol. The van der Waals surface area contributed by atoms with E-state index in [1.807, 2.05) is 52.0 Å². The van der Waals surface area contributed by atoms with E-state index in [1.165, 1.54) is 0 Å². The summed E-state index contributed by atoms with van der Waals surface area (Å²) in [6, 6.07) is 7.51. The van der Waals surface area contributed by atoms with Gasteiger partial charge < -0.3 is 9.47 Å². The van der Waals surface area contributed by atoms with Gasteiger partial charge in [0.25, 0.3) is 0 Å². The molecule has 0 spiro atoms. The Bertz CT molecular complexity index is 434. The van der Waals surface area contributed by atoms with Crippen molar-refractivity contribution in [2.45, 2.75) is 33.5 Å². The number of hydrogen-bond donors (Lipinski definition) is 0. The van der Waals surface area contributed by atoms with E-state index in [0.29, 0.717) is 13.2 Å². The lowest BCUT2D eigenvalue weighted by Gasteiger charge is -2.23. The van der Waals surface area contributed by atoms with Gasteiger partial charge in [-0.15, -0.1) is 0 Å². The molecule has 1 fully saturated rings. The van der Waals surface area contributed by atoms with Gasteiger partial charge in [0.15, 0.2) is 11.6 Å². The molecule has 18 heavy (non-hydrogen) atoms. The number of Topliss-reactive ketones (excluding diaryl/α,β-unsaturated/α-hetero) is 1. The van der Waals surface area contributed by atoms with Crippen molar-refractivity contribution in [2.75, 3.05) is 13.2 Å². The Morgan fingerprint density at radius 2 is 1.61 bits per heavy atom. The van der Waals surface area contributed by atoms with E-state index in [2.05, 4.69) is 0 Å². The maximum absolute atomic E-state index is 12.1. The van der Waals surface area contributed by atoms with Gasteiger partial charge in [0.05, 0.1) is 13.2 Å². The van der Waals surface area contributed by atoms with Crippen LogP contribution in [-0.2, 0) is 15.3 Å². The lowest BCUT2D eigenvalue weighted by molar-refractivity contribution is -0.149. The third-order valence-corrected chi connectivity index (χ3v) is 3.19. The molecule has 0 aromatic heterocycles. The molecule has 2 rings (SSSR count). The molecule has 1 aromatic rings. The highest BCUT2D eigenvalue weighted by Gasteiger charge is 2.33. The van der Waals surface area contributed by atoms with Crippen molar-refractivity contribution in [1.29, 1.82) is 0 Å². The van der Waals surface area contributed by atoms with Crippen LogP contribution in [0.5, 0.6) is 0 Å². The number of hydrogen-bond acceptors (Lipinski definition) is 3. The van der Waals surface area contributed by atoms with E-state index >= 15 is 0 Å². The molecule has 0 radical (unpaired) electrons. The van der Waals surface area contributed by atoms with Gasteiger partial charge in [0.1, 0.15) is 0 Å². The van der Waals surface area contributed by atoms with Crippen molar-refractivity contribution in [3.8, 4) is 0 Å².